The smallest absolute Gasteiger partial charge is 0.221 e. The van der Waals surface area contributed by atoms with Gasteiger partial charge in [-0.1, -0.05) is 42.5 Å². The number of allylic oxidation sites excluding steroid dienone is 1. The van der Waals surface area contributed by atoms with E-state index in [-0.39, 0.29) is 12.3 Å². The van der Waals surface area contributed by atoms with Crippen LogP contribution >= 0.6 is 0 Å². The third-order valence-corrected chi connectivity index (χ3v) is 5.88. The average Bonchev–Trinajstić information content (AvgIpc) is 3.05. The van der Waals surface area contributed by atoms with Gasteiger partial charge in [0.1, 0.15) is 0 Å². The van der Waals surface area contributed by atoms with Gasteiger partial charge in [-0.15, -0.1) is 0 Å². The van der Waals surface area contributed by atoms with Crippen molar-refractivity contribution in [2.75, 3.05) is 6.54 Å². The van der Waals surface area contributed by atoms with Crippen molar-refractivity contribution in [2.45, 2.75) is 38.1 Å². The molecule has 0 aliphatic heterocycles. The summed E-state index contributed by atoms with van der Waals surface area (Å²) in [6, 6.07) is 17.4. The summed E-state index contributed by atoms with van der Waals surface area (Å²) in [5.41, 5.74) is 11.6. The molecule has 1 aliphatic carbocycles. The fourth-order valence-electron chi connectivity index (χ4n) is 4.34. The number of fused-ring (bicyclic) bond motifs is 1. The first-order valence-electron chi connectivity index (χ1n) is 10.4. The number of aryl methyl sites for hydroxylation is 1. The Morgan fingerprint density at radius 3 is 2.72 bits per heavy atom. The topological polar surface area (TPSA) is 60.1 Å². The van der Waals surface area contributed by atoms with Gasteiger partial charge in [0.05, 0.1) is 6.42 Å². The highest BCUT2D eigenvalue weighted by atomic mass is 16.1. The summed E-state index contributed by atoms with van der Waals surface area (Å²) < 4.78 is 2.17. The van der Waals surface area contributed by atoms with Gasteiger partial charge in [0.2, 0.25) is 5.91 Å². The zero-order valence-electron chi connectivity index (χ0n) is 17.0. The first-order valence-corrected chi connectivity index (χ1v) is 10.4. The first kappa shape index (κ1) is 19.5. The molecule has 29 heavy (non-hydrogen) atoms. The van der Waals surface area contributed by atoms with E-state index in [1.54, 1.807) is 0 Å². The Balaban J connectivity index is 1.44. The van der Waals surface area contributed by atoms with Gasteiger partial charge in [-0.25, -0.2) is 0 Å². The van der Waals surface area contributed by atoms with E-state index < -0.39 is 0 Å². The molecule has 1 aliphatic rings. The van der Waals surface area contributed by atoms with Gasteiger partial charge in [-0.3, -0.25) is 4.79 Å². The summed E-state index contributed by atoms with van der Waals surface area (Å²) in [5, 5.41) is 4.93. The second-order valence-electron chi connectivity index (χ2n) is 8.04. The number of carbonyl (C=O) groups excluding carboxylic acids is 1. The van der Waals surface area contributed by atoms with E-state index in [1.807, 2.05) is 6.07 Å². The highest BCUT2D eigenvalue weighted by Gasteiger charge is 2.18. The number of nitrogens with one attached hydrogen (secondary N) is 1. The van der Waals surface area contributed by atoms with E-state index in [0.717, 1.165) is 37.8 Å². The van der Waals surface area contributed by atoms with E-state index in [9.17, 15) is 4.79 Å². The molecular weight excluding hydrogens is 358 g/mol. The molecule has 3 N–H and O–H groups in total. The molecule has 4 rings (SSSR count). The minimum Gasteiger partial charge on any atom is -0.369 e. The molecular formula is C25H29N3O. The maximum Gasteiger partial charge on any atom is 0.221 e. The molecule has 4 heteroatoms. The summed E-state index contributed by atoms with van der Waals surface area (Å²) in [7, 11) is 2.08. The Kier molecular flexibility index (Phi) is 5.81. The lowest BCUT2D eigenvalue weighted by molar-refractivity contribution is -0.117. The molecule has 150 valence electrons. The number of nitrogens with two attached hydrogens (primary N) is 1. The molecule has 1 heterocycles. The Morgan fingerprint density at radius 1 is 1.17 bits per heavy atom. The van der Waals surface area contributed by atoms with Gasteiger partial charge < -0.3 is 15.6 Å². The number of hydrogen-bond acceptors (Lipinski definition) is 2. The zero-order chi connectivity index (χ0) is 20.2. The fourth-order valence-corrected chi connectivity index (χ4v) is 4.34. The van der Waals surface area contributed by atoms with Gasteiger partial charge in [0.25, 0.3) is 0 Å². The predicted molar refractivity (Wildman–Crippen MR) is 120 cm³/mol. The van der Waals surface area contributed by atoms with Crippen molar-refractivity contribution in [3.63, 3.8) is 0 Å². The van der Waals surface area contributed by atoms with Crippen LogP contribution in [0.5, 0.6) is 0 Å². The summed E-state index contributed by atoms with van der Waals surface area (Å²) >= 11 is 0. The van der Waals surface area contributed by atoms with E-state index in [2.05, 4.69) is 71.7 Å². The fraction of sp³-hybridized carbons (Fsp3) is 0.320. The second kappa shape index (κ2) is 8.66. The highest BCUT2D eigenvalue weighted by Crippen LogP contribution is 2.33. The van der Waals surface area contributed by atoms with Crippen molar-refractivity contribution >= 4 is 22.4 Å². The Morgan fingerprint density at radius 2 is 2.00 bits per heavy atom. The normalized spacial score (nSPS) is 16.7. The van der Waals surface area contributed by atoms with Gasteiger partial charge in [-0.05, 0) is 61.1 Å². The molecule has 1 unspecified atom stereocenters. The van der Waals surface area contributed by atoms with Crippen LogP contribution in [-0.4, -0.2) is 23.1 Å². The highest BCUT2D eigenvalue weighted by molar-refractivity contribution is 5.94. The van der Waals surface area contributed by atoms with Crippen LogP contribution in [0.2, 0.25) is 0 Å². The van der Waals surface area contributed by atoms with Gasteiger partial charge in [-0.2, -0.15) is 0 Å². The largest absolute Gasteiger partial charge is 0.369 e. The van der Waals surface area contributed by atoms with Crippen molar-refractivity contribution in [3.05, 3.63) is 77.5 Å². The molecule has 0 fully saturated rings. The molecule has 3 aromatic rings. The number of amides is 1. The molecule has 1 amide bonds. The number of carbonyl (C=O) groups is 1. The van der Waals surface area contributed by atoms with Gasteiger partial charge >= 0.3 is 0 Å². The number of nitrogens with zero attached hydrogens (tertiary/aromatic N) is 1. The lowest BCUT2D eigenvalue weighted by atomic mass is 9.90. The molecule has 4 nitrogen and oxygen atoms in total. The Bertz CT molecular complexity index is 1030. The van der Waals surface area contributed by atoms with Crippen molar-refractivity contribution in [2.24, 2.45) is 12.8 Å². The van der Waals surface area contributed by atoms with E-state index >= 15 is 0 Å². The van der Waals surface area contributed by atoms with E-state index in [0.29, 0.717) is 6.04 Å². The number of primary amides is 1. The van der Waals surface area contributed by atoms with Crippen molar-refractivity contribution in [3.8, 4) is 0 Å². The number of aromatic nitrogens is 1. The van der Waals surface area contributed by atoms with Crippen molar-refractivity contribution in [1.29, 1.82) is 0 Å². The maximum absolute atomic E-state index is 11.3. The maximum atomic E-state index is 11.3. The van der Waals surface area contributed by atoms with Gasteiger partial charge in [0.15, 0.2) is 0 Å². The summed E-state index contributed by atoms with van der Waals surface area (Å²) in [6.45, 7) is 1.02. The quantitative estimate of drug-likeness (QED) is 0.644. The SMILES string of the molecule is Cn1cc(C2=CCC(NCCc3ccccc3)CC2)c2cc(CC(N)=O)ccc21. The third kappa shape index (κ3) is 4.60. The molecule has 1 atom stereocenters. The zero-order valence-corrected chi connectivity index (χ0v) is 17.0. The molecule has 0 bridgehead atoms. The summed E-state index contributed by atoms with van der Waals surface area (Å²) in [5.74, 6) is -0.289. The van der Waals surface area contributed by atoms with Crippen LogP contribution in [0.25, 0.3) is 16.5 Å². The average molecular weight is 388 g/mol. The summed E-state index contributed by atoms with van der Waals surface area (Å²) in [6.07, 6.45) is 9.24. The van der Waals surface area contributed by atoms with E-state index in [4.69, 9.17) is 5.73 Å². The van der Waals surface area contributed by atoms with Crippen LogP contribution in [0.3, 0.4) is 0 Å². The van der Waals surface area contributed by atoms with Crippen molar-refractivity contribution in [1.82, 2.24) is 9.88 Å². The molecule has 0 saturated heterocycles. The standard InChI is InChI=1S/C25H29N3O/c1-28-17-23(22-15-19(16-25(26)29)7-12-24(22)28)20-8-10-21(11-9-20)27-14-13-18-5-3-2-4-6-18/h2-8,12,15,17,21,27H,9-11,13-14,16H2,1H3,(H2,26,29). The molecule has 2 aromatic carbocycles. The number of hydrogen-bond donors (Lipinski definition) is 2. The molecule has 0 spiro atoms. The van der Waals surface area contributed by atoms with Crippen LogP contribution in [0.1, 0.15) is 36.0 Å². The third-order valence-electron chi connectivity index (χ3n) is 5.88. The van der Waals surface area contributed by atoms with E-state index in [1.165, 1.54) is 27.6 Å². The minimum atomic E-state index is -0.289. The van der Waals surface area contributed by atoms with Crippen LogP contribution in [0, 0.1) is 0 Å². The Hall–Kier alpha value is -2.85. The van der Waals surface area contributed by atoms with Crippen LogP contribution in [-0.2, 0) is 24.7 Å². The Labute approximate surface area is 172 Å². The predicted octanol–water partition coefficient (Wildman–Crippen LogP) is 3.97. The summed E-state index contributed by atoms with van der Waals surface area (Å²) in [4.78, 5) is 11.3. The van der Waals surface area contributed by atoms with Gasteiger partial charge in [0, 0.05) is 35.8 Å². The molecule has 0 radical (unpaired) electrons. The lowest BCUT2D eigenvalue weighted by Crippen LogP contribution is -2.31. The first-order chi connectivity index (χ1) is 14.1. The van der Waals surface area contributed by atoms with Crippen molar-refractivity contribution < 1.29 is 4.79 Å². The monoisotopic (exact) mass is 387 g/mol. The van der Waals surface area contributed by atoms with Crippen LogP contribution in [0.4, 0.5) is 0 Å². The minimum absolute atomic E-state index is 0.288. The number of rotatable bonds is 7. The molecule has 0 saturated carbocycles. The van der Waals surface area contributed by atoms with Crippen LogP contribution in [0.15, 0.2) is 60.8 Å². The lowest BCUT2D eigenvalue weighted by Gasteiger charge is -2.23. The second-order valence-corrected chi connectivity index (χ2v) is 8.04. The molecule has 1 aromatic heterocycles. The number of benzene rings is 2. The van der Waals surface area contributed by atoms with Crippen LogP contribution < -0.4 is 11.1 Å².